The third-order valence-corrected chi connectivity index (χ3v) is 4.91. The molecule has 0 radical (unpaired) electrons. The number of anilines is 1. The average Bonchev–Trinajstić information content (AvgIpc) is 2.73. The molecule has 1 fully saturated rings. The summed E-state index contributed by atoms with van der Waals surface area (Å²) >= 11 is 3.42. The van der Waals surface area contributed by atoms with Gasteiger partial charge in [0.25, 0.3) is 0 Å². The van der Waals surface area contributed by atoms with E-state index in [-0.39, 0.29) is 0 Å². The number of fused-ring (bicyclic) bond motifs is 1. The van der Waals surface area contributed by atoms with Gasteiger partial charge in [0, 0.05) is 17.2 Å². The zero-order valence-corrected chi connectivity index (χ0v) is 13.4. The Morgan fingerprint density at radius 3 is 2.85 bits per heavy atom. The lowest BCUT2D eigenvalue weighted by Crippen LogP contribution is -2.15. The molecule has 0 unspecified atom stereocenters. The standard InChI is InChI=1S/C15H21BrN4/c1-10-2-4-11(5-3-10)6-7-20-14-13(19-15(20)17)8-12(16)9-18-14/h8-11H,2-7H2,1H3,(H2,17,19). The quantitative estimate of drug-likeness (QED) is 0.921. The Morgan fingerprint density at radius 1 is 1.35 bits per heavy atom. The van der Waals surface area contributed by atoms with E-state index in [9.17, 15) is 0 Å². The number of aryl methyl sites for hydroxylation is 1. The van der Waals surface area contributed by atoms with Crippen molar-refractivity contribution < 1.29 is 0 Å². The van der Waals surface area contributed by atoms with Gasteiger partial charge in [-0.3, -0.25) is 4.57 Å². The van der Waals surface area contributed by atoms with Crippen molar-refractivity contribution >= 4 is 33.0 Å². The van der Waals surface area contributed by atoms with Crippen LogP contribution in [0.5, 0.6) is 0 Å². The van der Waals surface area contributed by atoms with Gasteiger partial charge in [-0.1, -0.05) is 32.6 Å². The van der Waals surface area contributed by atoms with Gasteiger partial charge in [0.05, 0.1) is 0 Å². The van der Waals surface area contributed by atoms with Crippen LogP contribution in [0.25, 0.3) is 11.2 Å². The topological polar surface area (TPSA) is 56.7 Å². The molecule has 0 bridgehead atoms. The SMILES string of the molecule is CC1CCC(CCn2c(N)nc3cc(Br)cnc32)CC1. The molecule has 1 aliphatic carbocycles. The molecule has 4 nitrogen and oxygen atoms in total. The molecule has 0 aromatic carbocycles. The van der Waals surface area contributed by atoms with Crippen LogP contribution in [-0.4, -0.2) is 14.5 Å². The van der Waals surface area contributed by atoms with E-state index in [4.69, 9.17) is 5.73 Å². The smallest absolute Gasteiger partial charge is 0.202 e. The first-order chi connectivity index (χ1) is 9.63. The van der Waals surface area contributed by atoms with Crippen LogP contribution < -0.4 is 5.73 Å². The number of pyridine rings is 1. The van der Waals surface area contributed by atoms with Crippen LogP contribution in [-0.2, 0) is 6.54 Å². The lowest BCUT2D eigenvalue weighted by atomic mass is 9.81. The van der Waals surface area contributed by atoms with Crippen LogP contribution in [0.1, 0.15) is 39.0 Å². The van der Waals surface area contributed by atoms with Crippen molar-refractivity contribution in [1.29, 1.82) is 0 Å². The second kappa shape index (κ2) is 5.72. The second-order valence-electron chi connectivity index (χ2n) is 6.03. The van der Waals surface area contributed by atoms with Gasteiger partial charge in [-0.15, -0.1) is 0 Å². The second-order valence-corrected chi connectivity index (χ2v) is 6.95. The highest BCUT2D eigenvalue weighted by Gasteiger charge is 2.19. The summed E-state index contributed by atoms with van der Waals surface area (Å²) in [5.41, 5.74) is 7.81. The molecule has 0 atom stereocenters. The van der Waals surface area contributed by atoms with Crippen molar-refractivity contribution in [2.75, 3.05) is 5.73 Å². The predicted octanol–water partition coefficient (Wildman–Crippen LogP) is 3.99. The van der Waals surface area contributed by atoms with Gasteiger partial charge >= 0.3 is 0 Å². The summed E-state index contributed by atoms with van der Waals surface area (Å²) in [6.07, 6.45) is 8.44. The first kappa shape index (κ1) is 13.9. The number of halogens is 1. The third-order valence-electron chi connectivity index (χ3n) is 4.48. The van der Waals surface area contributed by atoms with E-state index in [2.05, 4.69) is 37.4 Å². The molecule has 0 amide bonds. The molecule has 1 saturated carbocycles. The van der Waals surface area contributed by atoms with E-state index >= 15 is 0 Å². The Hall–Kier alpha value is -1.10. The van der Waals surface area contributed by atoms with Crippen molar-refractivity contribution in [2.24, 2.45) is 11.8 Å². The van der Waals surface area contributed by atoms with Crippen LogP contribution >= 0.6 is 15.9 Å². The maximum atomic E-state index is 6.04. The molecule has 2 heterocycles. The fourth-order valence-corrected chi connectivity index (χ4v) is 3.47. The molecule has 0 spiro atoms. The van der Waals surface area contributed by atoms with Gasteiger partial charge in [-0.25, -0.2) is 9.97 Å². The van der Waals surface area contributed by atoms with E-state index < -0.39 is 0 Å². The van der Waals surface area contributed by atoms with Gasteiger partial charge in [0.2, 0.25) is 5.95 Å². The molecule has 2 N–H and O–H groups in total. The molecule has 5 heteroatoms. The van der Waals surface area contributed by atoms with E-state index in [1.165, 1.54) is 32.1 Å². The summed E-state index contributed by atoms with van der Waals surface area (Å²) in [5.74, 6) is 2.32. The van der Waals surface area contributed by atoms with Crippen molar-refractivity contribution in [3.8, 4) is 0 Å². The summed E-state index contributed by atoms with van der Waals surface area (Å²) in [5, 5.41) is 0. The molecule has 108 valence electrons. The Bertz CT molecular complexity index is 599. The van der Waals surface area contributed by atoms with Crippen molar-refractivity contribution in [3.63, 3.8) is 0 Å². The summed E-state index contributed by atoms with van der Waals surface area (Å²) in [6.45, 7) is 3.29. The number of hydrogen-bond donors (Lipinski definition) is 1. The summed E-state index contributed by atoms with van der Waals surface area (Å²) in [6, 6.07) is 1.97. The Morgan fingerprint density at radius 2 is 2.10 bits per heavy atom. The molecule has 20 heavy (non-hydrogen) atoms. The summed E-state index contributed by atoms with van der Waals surface area (Å²) in [7, 11) is 0. The number of aromatic nitrogens is 3. The molecular weight excluding hydrogens is 316 g/mol. The molecule has 0 saturated heterocycles. The number of nitrogens with zero attached hydrogens (tertiary/aromatic N) is 3. The maximum Gasteiger partial charge on any atom is 0.202 e. The van der Waals surface area contributed by atoms with Gasteiger partial charge in [0.1, 0.15) is 5.52 Å². The zero-order valence-electron chi connectivity index (χ0n) is 11.8. The monoisotopic (exact) mass is 336 g/mol. The lowest BCUT2D eigenvalue weighted by Gasteiger charge is -2.26. The zero-order chi connectivity index (χ0) is 14.1. The molecule has 0 aliphatic heterocycles. The Labute approximate surface area is 127 Å². The van der Waals surface area contributed by atoms with Crippen LogP contribution in [0.2, 0.25) is 0 Å². The largest absolute Gasteiger partial charge is 0.369 e. The minimum atomic E-state index is 0.578. The number of rotatable bonds is 3. The van der Waals surface area contributed by atoms with Crippen LogP contribution in [0, 0.1) is 11.8 Å². The van der Waals surface area contributed by atoms with E-state index in [0.717, 1.165) is 34.0 Å². The van der Waals surface area contributed by atoms with E-state index in [1.807, 2.05) is 12.3 Å². The maximum absolute atomic E-state index is 6.04. The average molecular weight is 337 g/mol. The fourth-order valence-electron chi connectivity index (χ4n) is 3.15. The van der Waals surface area contributed by atoms with Gasteiger partial charge in [-0.2, -0.15) is 0 Å². The highest BCUT2D eigenvalue weighted by atomic mass is 79.9. The molecule has 3 rings (SSSR count). The first-order valence-electron chi connectivity index (χ1n) is 7.40. The first-order valence-corrected chi connectivity index (χ1v) is 8.20. The molecule has 2 aromatic rings. The fraction of sp³-hybridized carbons (Fsp3) is 0.600. The van der Waals surface area contributed by atoms with Crippen LogP contribution in [0.15, 0.2) is 16.7 Å². The summed E-state index contributed by atoms with van der Waals surface area (Å²) in [4.78, 5) is 8.85. The normalized spacial score (nSPS) is 23.3. The van der Waals surface area contributed by atoms with E-state index in [1.54, 1.807) is 0 Å². The minimum Gasteiger partial charge on any atom is -0.369 e. The van der Waals surface area contributed by atoms with Gasteiger partial charge < -0.3 is 5.73 Å². The third kappa shape index (κ3) is 2.82. The number of hydrogen-bond acceptors (Lipinski definition) is 3. The summed E-state index contributed by atoms with van der Waals surface area (Å²) < 4.78 is 3.00. The highest BCUT2D eigenvalue weighted by molar-refractivity contribution is 9.10. The number of imidazole rings is 1. The van der Waals surface area contributed by atoms with Crippen LogP contribution in [0.3, 0.4) is 0 Å². The molecule has 2 aromatic heterocycles. The molecular formula is C15H21BrN4. The number of nitrogen functional groups attached to an aromatic ring is 1. The van der Waals surface area contributed by atoms with Crippen molar-refractivity contribution in [2.45, 2.75) is 45.6 Å². The Kier molecular flexibility index (Phi) is 3.96. The highest BCUT2D eigenvalue weighted by Crippen LogP contribution is 2.31. The predicted molar refractivity (Wildman–Crippen MR) is 85.4 cm³/mol. The number of nitrogens with two attached hydrogens (primary N) is 1. The van der Waals surface area contributed by atoms with Crippen molar-refractivity contribution in [3.05, 3.63) is 16.7 Å². The van der Waals surface area contributed by atoms with E-state index in [0.29, 0.717) is 5.95 Å². The minimum absolute atomic E-state index is 0.578. The van der Waals surface area contributed by atoms with Gasteiger partial charge in [-0.05, 0) is 40.3 Å². The van der Waals surface area contributed by atoms with Gasteiger partial charge in [0.15, 0.2) is 5.65 Å². The van der Waals surface area contributed by atoms with Crippen molar-refractivity contribution in [1.82, 2.24) is 14.5 Å². The Balaban J connectivity index is 1.72. The lowest BCUT2D eigenvalue weighted by molar-refractivity contribution is 0.270. The van der Waals surface area contributed by atoms with Crippen LogP contribution in [0.4, 0.5) is 5.95 Å². The molecule has 1 aliphatic rings.